The molecule has 5 nitrogen and oxygen atoms in total. The Labute approximate surface area is 119 Å². The van der Waals surface area contributed by atoms with Crippen molar-refractivity contribution in [3.8, 4) is 5.75 Å². The van der Waals surface area contributed by atoms with E-state index < -0.39 is 5.97 Å². The molecule has 5 heteroatoms. The lowest BCUT2D eigenvalue weighted by Crippen LogP contribution is -2.43. The summed E-state index contributed by atoms with van der Waals surface area (Å²) in [5.74, 6) is -0.275. The molecule has 1 rings (SSSR count). The van der Waals surface area contributed by atoms with Gasteiger partial charge in [-0.2, -0.15) is 0 Å². The Balaban J connectivity index is 2.31. The molecule has 1 aromatic carbocycles. The third-order valence-electron chi connectivity index (χ3n) is 2.32. The maximum Gasteiger partial charge on any atom is 0.344 e. The second-order valence-corrected chi connectivity index (χ2v) is 5.51. The fraction of sp³-hybridized carbons (Fsp3) is 0.467. The highest BCUT2D eigenvalue weighted by atomic mass is 16.6. The highest BCUT2D eigenvalue weighted by Crippen LogP contribution is 2.15. The fourth-order valence-electron chi connectivity index (χ4n) is 1.50. The van der Waals surface area contributed by atoms with E-state index >= 15 is 0 Å². The molecule has 20 heavy (non-hydrogen) atoms. The maximum absolute atomic E-state index is 11.5. The van der Waals surface area contributed by atoms with Crippen LogP contribution in [-0.4, -0.2) is 30.6 Å². The summed E-state index contributed by atoms with van der Waals surface area (Å²) >= 11 is 0. The van der Waals surface area contributed by atoms with E-state index in [2.05, 4.69) is 5.32 Å². The number of para-hydroxylation sites is 1. The quantitative estimate of drug-likeness (QED) is 0.835. The van der Waals surface area contributed by atoms with E-state index in [-0.39, 0.29) is 24.7 Å². The van der Waals surface area contributed by atoms with Gasteiger partial charge in [0.15, 0.2) is 13.2 Å². The number of carbonyl (C=O) groups is 2. The zero-order valence-corrected chi connectivity index (χ0v) is 12.4. The minimum absolute atomic E-state index is 0.215. The van der Waals surface area contributed by atoms with Gasteiger partial charge in [-0.3, -0.25) is 4.79 Å². The summed E-state index contributed by atoms with van der Waals surface area (Å²) in [6.45, 7) is 6.94. The summed E-state index contributed by atoms with van der Waals surface area (Å²) in [7, 11) is 0. The van der Waals surface area contributed by atoms with Crippen molar-refractivity contribution in [2.45, 2.75) is 33.2 Å². The van der Waals surface area contributed by atoms with Gasteiger partial charge in [-0.1, -0.05) is 18.2 Å². The smallest absolute Gasteiger partial charge is 0.344 e. The summed E-state index contributed by atoms with van der Waals surface area (Å²) in [4.78, 5) is 22.9. The van der Waals surface area contributed by atoms with Crippen LogP contribution in [0.5, 0.6) is 5.75 Å². The number of hydrogen-bond acceptors (Lipinski definition) is 4. The number of benzene rings is 1. The molecule has 0 atom stereocenters. The maximum atomic E-state index is 11.5. The van der Waals surface area contributed by atoms with E-state index in [1.54, 1.807) is 6.07 Å². The largest absolute Gasteiger partial charge is 0.482 e. The van der Waals surface area contributed by atoms with Gasteiger partial charge in [-0.25, -0.2) is 4.79 Å². The molecule has 0 radical (unpaired) electrons. The van der Waals surface area contributed by atoms with Crippen LogP contribution in [0.4, 0.5) is 0 Å². The number of ether oxygens (including phenoxy) is 2. The van der Waals surface area contributed by atoms with Crippen molar-refractivity contribution in [1.29, 1.82) is 0 Å². The summed E-state index contributed by atoms with van der Waals surface area (Å²) in [5.41, 5.74) is 0.590. The van der Waals surface area contributed by atoms with Gasteiger partial charge in [0.25, 0.3) is 5.91 Å². The van der Waals surface area contributed by atoms with Gasteiger partial charge in [0.1, 0.15) is 5.75 Å². The standard InChI is InChI=1S/C15H21NO4/c1-11-7-5-6-8-12(11)19-10-14(18)20-9-13(17)16-15(2,3)4/h5-8H,9-10H2,1-4H3,(H,16,17). The Morgan fingerprint density at radius 2 is 1.80 bits per heavy atom. The van der Waals surface area contributed by atoms with Gasteiger partial charge in [0, 0.05) is 5.54 Å². The second kappa shape index (κ2) is 6.93. The molecule has 1 N–H and O–H groups in total. The predicted molar refractivity (Wildman–Crippen MR) is 75.5 cm³/mol. The molecule has 0 bridgehead atoms. The van der Waals surface area contributed by atoms with Crippen LogP contribution in [0.3, 0.4) is 0 Å². The molecule has 0 heterocycles. The Kier molecular flexibility index (Phi) is 5.55. The highest BCUT2D eigenvalue weighted by molar-refractivity contribution is 5.81. The molecule has 1 aromatic rings. The summed E-state index contributed by atoms with van der Waals surface area (Å²) in [6.07, 6.45) is 0. The number of aryl methyl sites for hydroxylation is 1. The number of rotatable bonds is 5. The summed E-state index contributed by atoms with van der Waals surface area (Å²) in [6, 6.07) is 7.37. The first-order valence-electron chi connectivity index (χ1n) is 6.43. The van der Waals surface area contributed by atoms with Crippen LogP contribution in [-0.2, 0) is 14.3 Å². The zero-order chi connectivity index (χ0) is 15.2. The first-order chi connectivity index (χ1) is 9.28. The predicted octanol–water partition coefficient (Wildman–Crippen LogP) is 1.83. The van der Waals surface area contributed by atoms with Crippen LogP contribution in [0.2, 0.25) is 0 Å². The van der Waals surface area contributed by atoms with Crippen molar-refractivity contribution in [2.75, 3.05) is 13.2 Å². The second-order valence-electron chi connectivity index (χ2n) is 5.51. The van der Waals surface area contributed by atoms with Crippen LogP contribution >= 0.6 is 0 Å². The Bertz CT molecular complexity index is 477. The minimum atomic E-state index is -0.572. The average molecular weight is 279 g/mol. The molecular formula is C15H21NO4. The molecular weight excluding hydrogens is 258 g/mol. The van der Waals surface area contributed by atoms with E-state index in [9.17, 15) is 9.59 Å². The first-order valence-corrected chi connectivity index (χ1v) is 6.43. The minimum Gasteiger partial charge on any atom is -0.482 e. The normalized spacial score (nSPS) is 10.8. The topological polar surface area (TPSA) is 64.6 Å². The molecule has 0 aliphatic rings. The van der Waals surface area contributed by atoms with Gasteiger partial charge < -0.3 is 14.8 Å². The SMILES string of the molecule is Cc1ccccc1OCC(=O)OCC(=O)NC(C)(C)C. The van der Waals surface area contributed by atoms with Gasteiger partial charge in [0.2, 0.25) is 0 Å². The third-order valence-corrected chi connectivity index (χ3v) is 2.32. The Morgan fingerprint density at radius 1 is 1.15 bits per heavy atom. The molecule has 1 amide bonds. The number of hydrogen-bond donors (Lipinski definition) is 1. The number of carbonyl (C=O) groups excluding carboxylic acids is 2. The number of nitrogens with one attached hydrogen (secondary N) is 1. The highest BCUT2D eigenvalue weighted by Gasteiger charge is 2.15. The molecule has 0 spiro atoms. The molecule has 0 aliphatic heterocycles. The molecule has 110 valence electrons. The van der Waals surface area contributed by atoms with Gasteiger partial charge in [0.05, 0.1) is 0 Å². The number of esters is 1. The van der Waals surface area contributed by atoms with E-state index in [1.807, 2.05) is 45.9 Å². The molecule has 0 fully saturated rings. The zero-order valence-electron chi connectivity index (χ0n) is 12.4. The first kappa shape index (κ1) is 16.0. The Morgan fingerprint density at radius 3 is 2.40 bits per heavy atom. The number of amides is 1. The molecule has 0 aliphatic carbocycles. The Hall–Kier alpha value is -2.04. The van der Waals surface area contributed by atoms with Crippen LogP contribution in [0.1, 0.15) is 26.3 Å². The lowest BCUT2D eigenvalue weighted by Gasteiger charge is -2.20. The van der Waals surface area contributed by atoms with Crippen molar-refractivity contribution in [3.63, 3.8) is 0 Å². The van der Waals surface area contributed by atoms with Crippen LogP contribution < -0.4 is 10.1 Å². The van der Waals surface area contributed by atoms with E-state index in [0.29, 0.717) is 5.75 Å². The van der Waals surface area contributed by atoms with Crippen molar-refractivity contribution in [2.24, 2.45) is 0 Å². The lowest BCUT2D eigenvalue weighted by atomic mass is 10.1. The molecule has 0 aromatic heterocycles. The van der Waals surface area contributed by atoms with Crippen molar-refractivity contribution in [1.82, 2.24) is 5.32 Å². The third kappa shape index (κ3) is 6.22. The molecule has 0 saturated heterocycles. The fourth-order valence-corrected chi connectivity index (χ4v) is 1.50. The van der Waals surface area contributed by atoms with Crippen molar-refractivity contribution in [3.05, 3.63) is 29.8 Å². The van der Waals surface area contributed by atoms with Crippen LogP contribution in [0.25, 0.3) is 0 Å². The summed E-state index contributed by atoms with van der Waals surface area (Å²) < 4.78 is 10.2. The molecule has 0 unspecified atom stereocenters. The van der Waals surface area contributed by atoms with E-state index in [4.69, 9.17) is 9.47 Å². The van der Waals surface area contributed by atoms with Gasteiger partial charge in [-0.05, 0) is 39.3 Å². The lowest BCUT2D eigenvalue weighted by molar-refractivity contribution is -0.150. The average Bonchev–Trinajstić information content (AvgIpc) is 2.33. The van der Waals surface area contributed by atoms with Crippen molar-refractivity contribution < 1.29 is 19.1 Å². The van der Waals surface area contributed by atoms with E-state index in [1.165, 1.54) is 0 Å². The van der Waals surface area contributed by atoms with Crippen LogP contribution in [0.15, 0.2) is 24.3 Å². The molecule has 0 saturated carbocycles. The monoisotopic (exact) mass is 279 g/mol. The van der Waals surface area contributed by atoms with Gasteiger partial charge in [-0.15, -0.1) is 0 Å². The van der Waals surface area contributed by atoms with Gasteiger partial charge >= 0.3 is 5.97 Å². The van der Waals surface area contributed by atoms with Crippen molar-refractivity contribution >= 4 is 11.9 Å². The van der Waals surface area contributed by atoms with Crippen LogP contribution in [0, 0.1) is 6.92 Å². The van der Waals surface area contributed by atoms with E-state index in [0.717, 1.165) is 5.56 Å². The summed E-state index contributed by atoms with van der Waals surface area (Å²) in [5, 5.41) is 2.70.